The van der Waals surface area contributed by atoms with Crippen LogP contribution in [0.5, 0.6) is 0 Å². The maximum atomic E-state index is 13.3. The quantitative estimate of drug-likeness (QED) is 0.528. The summed E-state index contributed by atoms with van der Waals surface area (Å²) >= 11 is 0. The number of piperidine rings is 1. The maximum absolute atomic E-state index is 13.3. The molecule has 188 valence electrons. The van der Waals surface area contributed by atoms with Gasteiger partial charge in [0, 0.05) is 43.7 Å². The molecule has 1 aromatic carbocycles. The van der Waals surface area contributed by atoms with E-state index in [1.54, 1.807) is 22.8 Å². The Morgan fingerprint density at radius 1 is 1.11 bits per heavy atom. The Balaban J connectivity index is 1.41. The maximum Gasteiger partial charge on any atom is 0.310 e. The summed E-state index contributed by atoms with van der Waals surface area (Å²) in [7, 11) is 0. The fraction of sp³-hybridized carbons (Fsp3) is 0.556. The minimum Gasteiger partial charge on any atom is -0.466 e. The van der Waals surface area contributed by atoms with E-state index in [0.717, 1.165) is 42.4 Å². The van der Waals surface area contributed by atoms with Crippen LogP contribution >= 0.6 is 0 Å². The van der Waals surface area contributed by atoms with Crippen molar-refractivity contribution >= 4 is 17.8 Å². The zero-order chi connectivity index (χ0) is 25.1. The Labute approximate surface area is 206 Å². The number of likely N-dealkylation sites (tertiary alicyclic amines) is 1. The predicted molar refractivity (Wildman–Crippen MR) is 131 cm³/mol. The highest BCUT2D eigenvalue weighted by Crippen LogP contribution is 2.32. The molecule has 0 radical (unpaired) electrons. The van der Waals surface area contributed by atoms with Crippen LogP contribution in [0.15, 0.2) is 22.7 Å². The molecule has 1 unspecified atom stereocenters. The van der Waals surface area contributed by atoms with Gasteiger partial charge in [-0.25, -0.2) is 0 Å². The Morgan fingerprint density at radius 2 is 1.83 bits per heavy atom. The van der Waals surface area contributed by atoms with Crippen LogP contribution in [-0.4, -0.2) is 65.0 Å². The molecular weight excluding hydrogens is 446 g/mol. The molecule has 2 amide bonds. The van der Waals surface area contributed by atoms with Crippen LogP contribution in [0.4, 0.5) is 0 Å². The van der Waals surface area contributed by atoms with Crippen molar-refractivity contribution in [3.63, 3.8) is 0 Å². The van der Waals surface area contributed by atoms with Gasteiger partial charge in [0.05, 0.1) is 12.5 Å². The molecule has 1 aliphatic carbocycles. The van der Waals surface area contributed by atoms with Crippen molar-refractivity contribution in [1.29, 1.82) is 0 Å². The molecule has 2 aromatic rings. The highest BCUT2D eigenvalue weighted by molar-refractivity contribution is 5.94. The number of esters is 1. The van der Waals surface area contributed by atoms with Gasteiger partial charge in [-0.15, -0.1) is 0 Å². The summed E-state index contributed by atoms with van der Waals surface area (Å²) in [6.45, 7) is 9.57. The van der Waals surface area contributed by atoms with Gasteiger partial charge >= 0.3 is 5.97 Å². The third kappa shape index (κ3) is 5.74. The average Bonchev–Trinajstić information content (AvgIpc) is 3.55. The van der Waals surface area contributed by atoms with E-state index in [1.807, 2.05) is 13.8 Å². The smallest absolute Gasteiger partial charge is 0.310 e. The van der Waals surface area contributed by atoms with E-state index in [9.17, 15) is 14.4 Å². The lowest BCUT2D eigenvalue weighted by Gasteiger charge is -2.32. The van der Waals surface area contributed by atoms with E-state index >= 15 is 0 Å². The first kappa shape index (κ1) is 24.9. The van der Waals surface area contributed by atoms with Crippen LogP contribution in [0, 0.1) is 26.7 Å². The molecule has 8 nitrogen and oxygen atoms in total. The third-order valence-corrected chi connectivity index (χ3v) is 6.86. The van der Waals surface area contributed by atoms with Crippen molar-refractivity contribution in [2.45, 2.75) is 65.8 Å². The fourth-order valence-electron chi connectivity index (χ4n) is 5.08. The van der Waals surface area contributed by atoms with Crippen LogP contribution in [0.25, 0.3) is 11.3 Å². The number of hydrogen-bond acceptors (Lipinski definition) is 6. The molecule has 1 saturated heterocycles. The first-order valence-corrected chi connectivity index (χ1v) is 12.6. The summed E-state index contributed by atoms with van der Waals surface area (Å²) in [5, 5.41) is 4.08. The van der Waals surface area contributed by atoms with Gasteiger partial charge in [-0.1, -0.05) is 22.9 Å². The van der Waals surface area contributed by atoms with E-state index < -0.39 is 0 Å². The molecule has 8 heteroatoms. The van der Waals surface area contributed by atoms with Crippen LogP contribution in [0.3, 0.4) is 0 Å². The lowest BCUT2D eigenvalue weighted by molar-refractivity contribution is -0.151. The van der Waals surface area contributed by atoms with Crippen molar-refractivity contribution in [3.05, 3.63) is 40.6 Å². The Morgan fingerprint density at radius 3 is 2.49 bits per heavy atom. The van der Waals surface area contributed by atoms with E-state index in [1.165, 1.54) is 5.56 Å². The second-order valence-electron chi connectivity index (χ2n) is 9.76. The second-order valence-corrected chi connectivity index (χ2v) is 9.76. The number of rotatable bonds is 8. The zero-order valence-electron chi connectivity index (χ0n) is 21.1. The second kappa shape index (κ2) is 10.6. The van der Waals surface area contributed by atoms with Crippen LogP contribution in [-0.2, 0) is 14.3 Å². The van der Waals surface area contributed by atoms with E-state index in [2.05, 4.69) is 24.2 Å². The standard InChI is InChI=1S/C27H35N3O5/c1-5-34-27(33)20-7-6-11-29(16-20)24(31)10-12-30(21-8-9-21)26(32)22-15-23(35-28-22)25-18(3)13-17(2)14-19(25)4/h13-15,20-21H,5-12,16H2,1-4H3. The Hall–Kier alpha value is -3.16. The molecule has 2 heterocycles. The van der Waals surface area contributed by atoms with Crippen molar-refractivity contribution in [2.75, 3.05) is 26.2 Å². The monoisotopic (exact) mass is 481 g/mol. The number of carbonyl (C=O) groups excluding carboxylic acids is 3. The van der Waals surface area contributed by atoms with Crippen molar-refractivity contribution in [1.82, 2.24) is 15.0 Å². The van der Waals surface area contributed by atoms with Crippen molar-refractivity contribution in [3.8, 4) is 11.3 Å². The molecule has 0 N–H and O–H groups in total. The predicted octanol–water partition coefficient (Wildman–Crippen LogP) is 4.06. The molecule has 1 saturated carbocycles. The summed E-state index contributed by atoms with van der Waals surface area (Å²) in [6, 6.07) is 6.01. The summed E-state index contributed by atoms with van der Waals surface area (Å²) in [5.74, 6) is -0.171. The first-order chi connectivity index (χ1) is 16.8. The fourth-order valence-corrected chi connectivity index (χ4v) is 5.08. The highest BCUT2D eigenvalue weighted by atomic mass is 16.5. The molecular formula is C27H35N3O5. The van der Waals surface area contributed by atoms with Crippen LogP contribution < -0.4 is 0 Å². The zero-order valence-corrected chi connectivity index (χ0v) is 21.1. The summed E-state index contributed by atoms with van der Waals surface area (Å²) in [4.78, 5) is 41.8. The molecule has 4 rings (SSSR count). The number of ether oxygens (including phenoxy) is 1. The SMILES string of the molecule is CCOC(=O)C1CCCN(C(=O)CCN(C(=O)c2cc(-c3c(C)cc(C)cc3C)on2)C2CC2)C1. The minimum absolute atomic E-state index is 0.0378. The summed E-state index contributed by atoms with van der Waals surface area (Å²) in [6.07, 6.45) is 3.59. The minimum atomic E-state index is -0.268. The number of carbonyl (C=O) groups is 3. The molecule has 0 bridgehead atoms. The van der Waals surface area contributed by atoms with Crippen LogP contribution in [0.1, 0.15) is 66.2 Å². The molecule has 1 aromatic heterocycles. The number of benzene rings is 1. The van der Waals surface area contributed by atoms with Crippen molar-refractivity contribution < 1.29 is 23.6 Å². The average molecular weight is 482 g/mol. The number of hydrogen-bond donors (Lipinski definition) is 0. The van der Waals surface area contributed by atoms with Crippen molar-refractivity contribution in [2.24, 2.45) is 5.92 Å². The normalized spacial score (nSPS) is 17.8. The molecule has 1 aliphatic heterocycles. The van der Waals surface area contributed by atoms with Gasteiger partial charge in [0.1, 0.15) is 0 Å². The highest BCUT2D eigenvalue weighted by Gasteiger charge is 2.36. The molecule has 1 atom stereocenters. The van der Waals surface area contributed by atoms with Gasteiger partial charge < -0.3 is 19.1 Å². The number of nitrogens with zero attached hydrogens (tertiary/aromatic N) is 3. The molecule has 0 spiro atoms. The number of aromatic nitrogens is 1. The van der Waals surface area contributed by atoms with Gasteiger partial charge in [-0.2, -0.15) is 0 Å². The summed E-state index contributed by atoms with van der Waals surface area (Å²) in [5.41, 5.74) is 4.54. The van der Waals surface area contributed by atoms with Gasteiger partial charge in [0.2, 0.25) is 5.91 Å². The largest absolute Gasteiger partial charge is 0.466 e. The first-order valence-electron chi connectivity index (χ1n) is 12.6. The van der Waals surface area contributed by atoms with Gasteiger partial charge in [-0.3, -0.25) is 14.4 Å². The number of amides is 2. The van der Waals surface area contributed by atoms with Gasteiger partial charge in [0.15, 0.2) is 11.5 Å². The van der Waals surface area contributed by atoms with E-state index in [-0.39, 0.29) is 41.9 Å². The van der Waals surface area contributed by atoms with Crippen LogP contribution in [0.2, 0.25) is 0 Å². The Kier molecular flexibility index (Phi) is 7.57. The van der Waals surface area contributed by atoms with Gasteiger partial charge in [-0.05, 0) is 64.5 Å². The topological polar surface area (TPSA) is 93.0 Å². The lowest BCUT2D eigenvalue weighted by Crippen LogP contribution is -2.44. The Bertz CT molecular complexity index is 1080. The molecule has 2 fully saturated rings. The van der Waals surface area contributed by atoms with E-state index in [4.69, 9.17) is 9.26 Å². The summed E-state index contributed by atoms with van der Waals surface area (Å²) < 4.78 is 10.7. The lowest BCUT2D eigenvalue weighted by atomic mass is 9.98. The number of aryl methyl sites for hydroxylation is 3. The molecule has 2 aliphatic rings. The third-order valence-electron chi connectivity index (χ3n) is 6.86. The molecule has 35 heavy (non-hydrogen) atoms. The van der Waals surface area contributed by atoms with E-state index in [0.29, 0.717) is 32.0 Å². The van der Waals surface area contributed by atoms with Gasteiger partial charge in [0.25, 0.3) is 5.91 Å².